The Morgan fingerprint density at radius 1 is 1.33 bits per heavy atom. The van der Waals surface area contributed by atoms with Crippen LogP contribution in [0.25, 0.3) is 0 Å². The molecule has 0 aliphatic carbocycles. The lowest BCUT2D eigenvalue weighted by atomic mass is 10.1. The Morgan fingerprint density at radius 3 is 2.72 bits per heavy atom. The predicted molar refractivity (Wildman–Crippen MR) is 71.1 cm³/mol. The van der Waals surface area contributed by atoms with Gasteiger partial charge in [0.15, 0.2) is 0 Å². The fourth-order valence-corrected chi connectivity index (χ4v) is 1.94. The van der Waals surface area contributed by atoms with Crippen LogP contribution in [0, 0.1) is 6.92 Å². The Labute approximate surface area is 111 Å². The second-order valence-corrected chi connectivity index (χ2v) is 4.46. The summed E-state index contributed by atoms with van der Waals surface area (Å²) in [6, 6.07) is 8.89. The largest absolute Gasteiger partial charge is 0.455 e. The van der Waals surface area contributed by atoms with Crippen LogP contribution >= 0.6 is 11.6 Å². The maximum atomic E-state index is 9.49. The summed E-state index contributed by atoms with van der Waals surface area (Å²) in [7, 11) is 0. The molecule has 1 N–H and O–H groups in total. The number of pyridine rings is 1. The van der Waals surface area contributed by atoms with Crippen LogP contribution in [0.2, 0.25) is 5.02 Å². The number of ether oxygens (including phenoxy) is 1. The van der Waals surface area contributed by atoms with E-state index in [1.54, 1.807) is 31.3 Å². The van der Waals surface area contributed by atoms with Gasteiger partial charge < -0.3 is 9.84 Å². The third-order valence-corrected chi connectivity index (χ3v) is 2.94. The Morgan fingerprint density at radius 2 is 2.11 bits per heavy atom. The Hall–Kier alpha value is -1.58. The number of hydrogen-bond donors (Lipinski definition) is 1. The molecule has 0 aliphatic heterocycles. The summed E-state index contributed by atoms with van der Waals surface area (Å²) in [5.41, 5.74) is 1.50. The minimum absolute atomic E-state index is 0.490. The quantitative estimate of drug-likeness (QED) is 0.914. The number of halogens is 1. The molecule has 1 aromatic heterocycles. The van der Waals surface area contributed by atoms with Gasteiger partial charge in [0, 0.05) is 6.20 Å². The van der Waals surface area contributed by atoms with Crippen LogP contribution in [0.3, 0.4) is 0 Å². The van der Waals surface area contributed by atoms with E-state index in [1.807, 2.05) is 19.1 Å². The van der Waals surface area contributed by atoms with Crippen LogP contribution in [0.4, 0.5) is 0 Å². The smallest absolute Gasteiger partial charge is 0.148 e. The molecule has 0 aliphatic rings. The van der Waals surface area contributed by atoms with Crippen LogP contribution in [-0.2, 0) is 0 Å². The fraction of sp³-hybridized carbons (Fsp3) is 0.214. The fourth-order valence-electron chi connectivity index (χ4n) is 1.61. The molecule has 0 saturated carbocycles. The van der Waals surface area contributed by atoms with Gasteiger partial charge in [-0.3, -0.25) is 4.98 Å². The van der Waals surface area contributed by atoms with Gasteiger partial charge >= 0.3 is 0 Å². The van der Waals surface area contributed by atoms with E-state index in [0.29, 0.717) is 22.1 Å². The number of aliphatic hydroxyl groups excluding tert-OH is 1. The molecule has 94 valence electrons. The lowest BCUT2D eigenvalue weighted by Gasteiger charge is -2.11. The Balaban J connectivity index is 2.26. The molecule has 4 heteroatoms. The molecule has 2 rings (SSSR count). The third kappa shape index (κ3) is 2.81. The van der Waals surface area contributed by atoms with E-state index in [4.69, 9.17) is 16.3 Å². The normalized spacial score (nSPS) is 12.2. The molecular weight excluding hydrogens is 250 g/mol. The van der Waals surface area contributed by atoms with E-state index in [1.165, 1.54) is 0 Å². The molecule has 1 unspecified atom stereocenters. The average Bonchev–Trinajstić information content (AvgIpc) is 2.32. The zero-order chi connectivity index (χ0) is 13.1. The molecule has 0 radical (unpaired) electrons. The molecular formula is C14H14ClNO2. The standard InChI is InChI=1S/C14H14ClNO2/c1-9-14(4-3-7-16-9)18-11-5-6-12(10(2)17)13(15)8-11/h3-8,10,17H,1-2H3. The second kappa shape index (κ2) is 5.38. The minimum atomic E-state index is -0.591. The second-order valence-electron chi connectivity index (χ2n) is 4.05. The summed E-state index contributed by atoms with van der Waals surface area (Å²) >= 11 is 6.07. The van der Waals surface area contributed by atoms with Gasteiger partial charge in [-0.25, -0.2) is 0 Å². The van der Waals surface area contributed by atoms with Gasteiger partial charge in [-0.15, -0.1) is 0 Å². The summed E-state index contributed by atoms with van der Waals surface area (Å²) in [6.45, 7) is 3.55. The van der Waals surface area contributed by atoms with Crippen molar-refractivity contribution in [1.29, 1.82) is 0 Å². The number of aliphatic hydroxyl groups is 1. The van der Waals surface area contributed by atoms with Crippen molar-refractivity contribution in [3.63, 3.8) is 0 Å². The first-order valence-electron chi connectivity index (χ1n) is 5.65. The molecule has 1 atom stereocenters. The molecule has 0 amide bonds. The zero-order valence-corrected chi connectivity index (χ0v) is 11.0. The number of rotatable bonds is 3. The number of aromatic nitrogens is 1. The molecule has 1 aromatic carbocycles. The van der Waals surface area contributed by atoms with Crippen molar-refractivity contribution >= 4 is 11.6 Å². The maximum Gasteiger partial charge on any atom is 0.148 e. The maximum absolute atomic E-state index is 9.49. The highest BCUT2D eigenvalue weighted by Gasteiger charge is 2.08. The van der Waals surface area contributed by atoms with Crippen LogP contribution in [0.15, 0.2) is 36.5 Å². The summed E-state index contributed by atoms with van der Waals surface area (Å²) < 4.78 is 5.70. The van der Waals surface area contributed by atoms with Crippen LogP contribution in [-0.4, -0.2) is 10.1 Å². The lowest BCUT2D eigenvalue weighted by molar-refractivity contribution is 0.199. The van der Waals surface area contributed by atoms with Crippen molar-refractivity contribution in [2.45, 2.75) is 20.0 Å². The monoisotopic (exact) mass is 263 g/mol. The molecule has 0 bridgehead atoms. The molecule has 2 aromatic rings. The van der Waals surface area contributed by atoms with Crippen molar-refractivity contribution in [2.75, 3.05) is 0 Å². The number of hydrogen-bond acceptors (Lipinski definition) is 3. The average molecular weight is 264 g/mol. The van der Waals surface area contributed by atoms with E-state index >= 15 is 0 Å². The van der Waals surface area contributed by atoms with Gasteiger partial charge in [0.05, 0.1) is 16.8 Å². The lowest BCUT2D eigenvalue weighted by Crippen LogP contribution is -1.94. The van der Waals surface area contributed by atoms with E-state index in [0.717, 1.165) is 5.69 Å². The predicted octanol–water partition coefficient (Wildman–Crippen LogP) is 3.89. The van der Waals surface area contributed by atoms with Gasteiger partial charge in [0.2, 0.25) is 0 Å². The van der Waals surface area contributed by atoms with Crippen molar-refractivity contribution in [3.05, 3.63) is 52.8 Å². The molecule has 0 fully saturated rings. The SMILES string of the molecule is Cc1ncccc1Oc1ccc(C(C)O)c(Cl)c1. The number of nitrogens with zero attached hydrogens (tertiary/aromatic N) is 1. The summed E-state index contributed by atoms with van der Waals surface area (Å²) in [4.78, 5) is 4.15. The van der Waals surface area contributed by atoms with E-state index in [-0.39, 0.29) is 0 Å². The van der Waals surface area contributed by atoms with Gasteiger partial charge in [-0.05, 0) is 43.7 Å². The summed E-state index contributed by atoms with van der Waals surface area (Å²) in [5.74, 6) is 1.32. The molecule has 3 nitrogen and oxygen atoms in total. The highest BCUT2D eigenvalue weighted by atomic mass is 35.5. The van der Waals surface area contributed by atoms with Crippen molar-refractivity contribution in [1.82, 2.24) is 4.98 Å². The van der Waals surface area contributed by atoms with Crippen LogP contribution in [0.5, 0.6) is 11.5 Å². The molecule has 0 spiro atoms. The van der Waals surface area contributed by atoms with Crippen molar-refractivity contribution in [3.8, 4) is 11.5 Å². The Kier molecular flexibility index (Phi) is 3.84. The molecule has 18 heavy (non-hydrogen) atoms. The first kappa shape index (κ1) is 12.9. The highest BCUT2D eigenvalue weighted by Crippen LogP contribution is 2.30. The Bertz CT molecular complexity index is 555. The van der Waals surface area contributed by atoms with Crippen molar-refractivity contribution in [2.24, 2.45) is 0 Å². The highest BCUT2D eigenvalue weighted by molar-refractivity contribution is 6.31. The zero-order valence-electron chi connectivity index (χ0n) is 10.2. The van der Waals surface area contributed by atoms with Gasteiger partial charge in [-0.1, -0.05) is 17.7 Å². The third-order valence-electron chi connectivity index (χ3n) is 2.61. The number of aryl methyl sites for hydroxylation is 1. The minimum Gasteiger partial charge on any atom is -0.455 e. The topological polar surface area (TPSA) is 42.4 Å². The summed E-state index contributed by atoms with van der Waals surface area (Å²) in [5, 5.41) is 9.98. The first-order chi connectivity index (χ1) is 8.58. The van der Waals surface area contributed by atoms with Gasteiger partial charge in [0.25, 0.3) is 0 Å². The number of benzene rings is 1. The van der Waals surface area contributed by atoms with E-state index in [9.17, 15) is 5.11 Å². The van der Waals surface area contributed by atoms with Gasteiger partial charge in [-0.2, -0.15) is 0 Å². The van der Waals surface area contributed by atoms with Crippen molar-refractivity contribution < 1.29 is 9.84 Å². The van der Waals surface area contributed by atoms with Crippen LogP contribution in [0.1, 0.15) is 24.3 Å². The van der Waals surface area contributed by atoms with E-state index in [2.05, 4.69) is 4.98 Å². The van der Waals surface area contributed by atoms with Gasteiger partial charge in [0.1, 0.15) is 11.5 Å². The first-order valence-corrected chi connectivity index (χ1v) is 6.02. The summed E-state index contributed by atoms with van der Waals surface area (Å²) in [6.07, 6.45) is 1.12. The molecule has 1 heterocycles. The van der Waals surface area contributed by atoms with Crippen LogP contribution < -0.4 is 4.74 Å². The molecule has 0 saturated heterocycles. The van der Waals surface area contributed by atoms with E-state index < -0.39 is 6.10 Å².